The molecule has 0 aliphatic heterocycles. The number of nitrogens with zero attached hydrogens (tertiary/aromatic N) is 1. The Kier molecular flexibility index (Phi) is 1.36. The van der Waals surface area contributed by atoms with E-state index in [1.54, 1.807) is 18.3 Å². The van der Waals surface area contributed by atoms with Crippen molar-refractivity contribution in [1.29, 1.82) is 0 Å². The summed E-state index contributed by atoms with van der Waals surface area (Å²) in [4.78, 5) is 4.18. The standard InChI is InChI=1S/C11H6FNO/c12-7-3-4-8-10(6-7)14-9-2-1-5-13-11(8)9/h1-6H. The molecule has 68 valence electrons. The fraction of sp³-hybridized carbons (Fsp3) is 0. The van der Waals surface area contributed by atoms with Gasteiger partial charge in [-0.05, 0) is 24.3 Å². The van der Waals surface area contributed by atoms with Crippen LogP contribution < -0.4 is 0 Å². The lowest BCUT2D eigenvalue weighted by Crippen LogP contribution is -1.73. The number of hydrogen-bond donors (Lipinski definition) is 0. The summed E-state index contributed by atoms with van der Waals surface area (Å²) >= 11 is 0. The maximum atomic E-state index is 12.9. The molecule has 0 saturated heterocycles. The Hall–Kier alpha value is -1.90. The van der Waals surface area contributed by atoms with Crippen LogP contribution in [0.4, 0.5) is 4.39 Å². The third-order valence-corrected chi connectivity index (χ3v) is 2.19. The van der Waals surface area contributed by atoms with Crippen molar-refractivity contribution < 1.29 is 8.81 Å². The van der Waals surface area contributed by atoms with E-state index in [1.807, 2.05) is 6.07 Å². The number of fused-ring (bicyclic) bond motifs is 3. The highest BCUT2D eigenvalue weighted by molar-refractivity contribution is 6.02. The van der Waals surface area contributed by atoms with Crippen LogP contribution in [-0.4, -0.2) is 4.98 Å². The predicted octanol–water partition coefficient (Wildman–Crippen LogP) is 3.12. The van der Waals surface area contributed by atoms with E-state index in [4.69, 9.17) is 4.42 Å². The Balaban J connectivity index is 2.57. The van der Waals surface area contributed by atoms with Crippen LogP contribution in [0.1, 0.15) is 0 Å². The van der Waals surface area contributed by atoms with Gasteiger partial charge in [0.15, 0.2) is 5.58 Å². The highest BCUT2D eigenvalue weighted by atomic mass is 19.1. The molecule has 0 amide bonds. The molecular weight excluding hydrogens is 181 g/mol. The number of pyridine rings is 1. The van der Waals surface area contributed by atoms with Crippen molar-refractivity contribution in [1.82, 2.24) is 4.98 Å². The lowest BCUT2D eigenvalue weighted by atomic mass is 10.2. The van der Waals surface area contributed by atoms with Crippen LogP contribution in [0.5, 0.6) is 0 Å². The first-order valence-electron chi connectivity index (χ1n) is 4.27. The van der Waals surface area contributed by atoms with E-state index >= 15 is 0 Å². The van der Waals surface area contributed by atoms with Crippen molar-refractivity contribution in [2.24, 2.45) is 0 Å². The van der Waals surface area contributed by atoms with E-state index in [-0.39, 0.29) is 5.82 Å². The zero-order valence-corrected chi connectivity index (χ0v) is 7.20. The van der Waals surface area contributed by atoms with Gasteiger partial charge in [-0.3, -0.25) is 4.98 Å². The SMILES string of the molecule is Fc1ccc2c(c1)oc1cccnc12. The van der Waals surface area contributed by atoms with Crippen LogP contribution in [0.25, 0.3) is 22.1 Å². The van der Waals surface area contributed by atoms with E-state index in [0.29, 0.717) is 11.2 Å². The van der Waals surface area contributed by atoms with Crippen LogP contribution in [0, 0.1) is 5.82 Å². The summed E-state index contributed by atoms with van der Waals surface area (Å²) in [5.41, 5.74) is 2.01. The summed E-state index contributed by atoms with van der Waals surface area (Å²) in [6.07, 6.45) is 1.70. The van der Waals surface area contributed by atoms with Gasteiger partial charge in [0.2, 0.25) is 0 Å². The minimum absolute atomic E-state index is 0.295. The molecule has 0 aliphatic carbocycles. The predicted molar refractivity (Wildman–Crippen MR) is 51.5 cm³/mol. The highest BCUT2D eigenvalue weighted by Gasteiger charge is 2.07. The number of aromatic nitrogens is 1. The fourth-order valence-corrected chi connectivity index (χ4v) is 1.57. The molecule has 0 bridgehead atoms. The first kappa shape index (κ1) is 7.50. The van der Waals surface area contributed by atoms with Crippen molar-refractivity contribution in [3.05, 3.63) is 42.3 Å². The highest BCUT2D eigenvalue weighted by Crippen LogP contribution is 2.26. The molecule has 0 aliphatic rings. The summed E-state index contributed by atoms with van der Waals surface area (Å²) in [5, 5.41) is 0.849. The molecule has 3 aromatic rings. The zero-order chi connectivity index (χ0) is 9.54. The van der Waals surface area contributed by atoms with Gasteiger partial charge in [0.25, 0.3) is 0 Å². The maximum Gasteiger partial charge on any atom is 0.153 e. The molecule has 0 spiro atoms. The lowest BCUT2D eigenvalue weighted by molar-refractivity contribution is 0.618. The Morgan fingerprint density at radius 3 is 3.00 bits per heavy atom. The molecule has 0 fully saturated rings. The Labute approximate surface area is 79.0 Å². The van der Waals surface area contributed by atoms with Gasteiger partial charge in [-0.1, -0.05) is 0 Å². The molecule has 0 radical (unpaired) electrons. The van der Waals surface area contributed by atoms with Crippen molar-refractivity contribution in [2.45, 2.75) is 0 Å². The molecule has 0 atom stereocenters. The van der Waals surface area contributed by atoms with Crippen LogP contribution in [-0.2, 0) is 0 Å². The van der Waals surface area contributed by atoms with Gasteiger partial charge >= 0.3 is 0 Å². The van der Waals surface area contributed by atoms with Gasteiger partial charge in [0, 0.05) is 17.6 Å². The Morgan fingerprint density at radius 1 is 1.14 bits per heavy atom. The summed E-state index contributed by atoms with van der Waals surface area (Å²) < 4.78 is 18.3. The van der Waals surface area contributed by atoms with E-state index in [2.05, 4.69) is 4.98 Å². The quantitative estimate of drug-likeness (QED) is 0.540. The Bertz CT molecular complexity index is 615. The molecule has 2 aromatic heterocycles. The number of halogens is 1. The molecule has 3 heteroatoms. The molecule has 2 nitrogen and oxygen atoms in total. The first-order valence-corrected chi connectivity index (χ1v) is 4.27. The normalized spacial score (nSPS) is 11.2. The second kappa shape index (κ2) is 2.54. The molecule has 2 heterocycles. The molecule has 0 N–H and O–H groups in total. The van der Waals surface area contributed by atoms with Gasteiger partial charge in [-0.15, -0.1) is 0 Å². The monoisotopic (exact) mass is 187 g/mol. The molecule has 0 saturated carbocycles. The van der Waals surface area contributed by atoms with E-state index in [9.17, 15) is 4.39 Å². The van der Waals surface area contributed by atoms with Crippen molar-refractivity contribution in [3.63, 3.8) is 0 Å². The van der Waals surface area contributed by atoms with Crippen LogP contribution in [0.3, 0.4) is 0 Å². The smallest absolute Gasteiger partial charge is 0.153 e. The first-order chi connectivity index (χ1) is 6.84. The zero-order valence-electron chi connectivity index (χ0n) is 7.20. The molecule has 0 unspecified atom stereocenters. The minimum Gasteiger partial charge on any atom is -0.454 e. The van der Waals surface area contributed by atoms with Crippen LogP contribution in [0.2, 0.25) is 0 Å². The van der Waals surface area contributed by atoms with Crippen molar-refractivity contribution in [2.75, 3.05) is 0 Å². The third kappa shape index (κ3) is 0.923. The fourth-order valence-electron chi connectivity index (χ4n) is 1.57. The average Bonchev–Trinajstić information content (AvgIpc) is 2.54. The maximum absolute atomic E-state index is 12.9. The number of furan rings is 1. The Morgan fingerprint density at radius 2 is 2.07 bits per heavy atom. The second-order valence-corrected chi connectivity index (χ2v) is 3.09. The largest absolute Gasteiger partial charge is 0.454 e. The lowest BCUT2D eigenvalue weighted by Gasteiger charge is -1.87. The van der Waals surface area contributed by atoms with Crippen molar-refractivity contribution in [3.8, 4) is 0 Å². The third-order valence-electron chi connectivity index (χ3n) is 2.19. The minimum atomic E-state index is -0.295. The molecule has 1 aromatic carbocycles. The number of rotatable bonds is 0. The summed E-state index contributed by atoms with van der Waals surface area (Å²) in [5.74, 6) is -0.295. The number of benzene rings is 1. The molecular formula is C11H6FNO. The summed E-state index contributed by atoms with van der Waals surface area (Å²) in [6.45, 7) is 0. The van der Waals surface area contributed by atoms with Crippen LogP contribution in [0.15, 0.2) is 40.9 Å². The van der Waals surface area contributed by atoms with Gasteiger partial charge in [-0.25, -0.2) is 4.39 Å². The summed E-state index contributed by atoms with van der Waals surface area (Å²) in [6, 6.07) is 8.08. The molecule has 3 rings (SSSR count). The van der Waals surface area contributed by atoms with Gasteiger partial charge in [-0.2, -0.15) is 0 Å². The molecule has 14 heavy (non-hydrogen) atoms. The van der Waals surface area contributed by atoms with Gasteiger partial charge < -0.3 is 4.42 Å². The van der Waals surface area contributed by atoms with Gasteiger partial charge in [0.1, 0.15) is 16.9 Å². The van der Waals surface area contributed by atoms with Crippen molar-refractivity contribution >= 4 is 22.1 Å². The second-order valence-electron chi connectivity index (χ2n) is 3.09. The number of hydrogen-bond acceptors (Lipinski definition) is 2. The van der Waals surface area contributed by atoms with E-state index in [0.717, 1.165) is 10.9 Å². The van der Waals surface area contributed by atoms with Gasteiger partial charge in [0.05, 0.1) is 0 Å². The van der Waals surface area contributed by atoms with E-state index in [1.165, 1.54) is 12.1 Å². The van der Waals surface area contributed by atoms with E-state index < -0.39 is 0 Å². The van der Waals surface area contributed by atoms with Crippen LogP contribution >= 0.6 is 0 Å². The topological polar surface area (TPSA) is 26.0 Å². The summed E-state index contributed by atoms with van der Waals surface area (Å²) in [7, 11) is 0. The average molecular weight is 187 g/mol.